The normalized spacial score (nSPS) is 13.0. The third-order valence-electron chi connectivity index (χ3n) is 2.82. The van der Waals surface area contributed by atoms with Crippen LogP contribution in [0.25, 0.3) is 0 Å². The van der Waals surface area contributed by atoms with Crippen molar-refractivity contribution in [3.05, 3.63) is 35.4 Å². The molecule has 0 aliphatic carbocycles. The van der Waals surface area contributed by atoms with E-state index in [1.165, 1.54) is 11.3 Å². The van der Waals surface area contributed by atoms with E-state index in [4.69, 9.17) is 21.1 Å². The van der Waals surface area contributed by atoms with Gasteiger partial charge in [0.05, 0.1) is 5.02 Å². The van der Waals surface area contributed by atoms with Crippen LogP contribution in [-0.2, 0) is 5.75 Å². The van der Waals surface area contributed by atoms with Crippen molar-refractivity contribution >= 4 is 39.8 Å². The first kappa shape index (κ1) is 15.5. The number of hydrogen-bond donors (Lipinski definition) is 1. The molecule has 22 heavy (non-hydrogen) atoms. The Morgan fingerprint density at radius 2 is 2.23 bits per heavy atom. The number of thioether (sulfide) groups is 1. The molecule has 1 aliphatic heterocycles. The predicted molar refractivity (Wildman–Crippen MR) is 90.6 cm³/mol. The van der Waals surface area contributed by atoms with Crippen molar-refractivity contribution in [3.8, 4) is 11.5 Å². The lowest BCUT2D eigenvalue weighted by atomic mass is 10.2. The first-order valence-corrected chi connectivity index (χ1v) is 8.83. The number of hydrogen-bond acceptors (Lipinski definition) is 7. The number of halogens is 1. The number of ether oxygens (including phenoxy) is 2. The van der Waals surface area contributed by atoms with Crippen molar-refractivity contribution < 1.29 is 9.47 Å². The van der Waals surface area contributed by atoms with E-state index in [1.54, 1.807) is 17.8 Å². The lowest BCUT2D eigenvalue weighted by molar-refractivity contribution is 0.171. The zero-order valence-corrected chi connectivity index (χ0v) is 14.1. The van der Waals surface area contributed by atoms with E-state index >= 15 is 0 Å². The van der Waals surface area contributed by atoms with Crippen LogP contribution < -0.4 is 14.8 Å². The molecule has 1 N–H and O–H groups in total. The maximum Gasteiger partial charge on any atom is 0.206 e. The molecule has 0 saturated carbocycles. The van der Waals surface area contributed by atoms with E-state index in [2.05, 4.69) is 22.1 Å². The van der Waals surface area contributed by atoms with Crippen molar-refractivity contribution in [2.45, 2.75) is 10.1 Å². The topological polar surface area (TPSA) is 56.3 Å². The minimum Gasteiger partial charge on any atom is -0.486 e. The minimum atomic E-state index is 0.534. The number of rotatable bonds is 6. The number of fused-ring (bicyclic) bond motifs is 1. The summed E-state index contributed by atoms with van der Waals surface area (Å²) in [6.07, 6.45) is 1.78. The average Bonchev–Trinajstić information content (AvgIpc) is 2.99. The number of aromatic nitrogens is 2. The molecule has 3 rings (SSSR count). The van der Waals surface area contributed by atoms with Gasteiger partial charge in [0, 0.05) is 12.3 Å². The highest BCUT2D eigenvalue weighted by Crippen LogP contribution is 2.39. The van der Waals surface area contributed by atoms with Gasteiger partial charge in [-0.05, 0) is 17.7 Å². The van der Waals surface area contributed by atoms with Crippen molar-refractivity contribution in [2.75, 3.05) is 25.1 Å². The molecule has 0 atom stereocenters. The summed E-state index contributed by atoms with van der Waals surface area (Å²) in [5.41, 5.74) is 1.06. The van der Waals surface area contributed by atoms with Crippen LogP contribution in [0.15, 0.2) is 29.1 Å². The molecule has 0 unspecified atom stereocenters. The molecule has 1 aliphatic rings. The van der Waals surface area contributed by atoms with Crippen molar-refractivity contribution in [1.82, 2.24) is 10.2 Å². The molecule has 0 spiro atoms. The Morgan fingerprint density at radius 1 is 1.36 bits per heavy atom. The zero-order chi connectivity index (χ0) is 15.4. The minimum absolute atomic E-state index is 0.534. The van der Waals surface area contributed by atoms with E-state index in [0.29, 0.717) is 36.3 Å². The monoisotopic (exact) mass is 355 g/mol. The van der Waals surface area contributed by atoms with Gasteiger partial charge in [-0.15, -0.1) is 16.8 Å². The smallest absolute Gasteiger partial charge is 0.206 e. The summed E-state index contributed by atoms with van der Waals surface area (Å²) in [6.45, 7) is 5.42. The third-order valence-corrected chi connectivity index (χ3v) is 5.19. The first-order chi connectivity index (χ1) is 10.8. The second-order valence-corrected chi connectivity index (χ2v) is 7.04. The lowest BCUT2D eigenvalue weighted by Crippen LogP contribution is -2.15. The van der Waals surface area contributed by atoms with Crippen molar-refractivity contribution in [3.63, 3.8) is 0 Å². The maximum atomic E-state index is 6.23. The first-order valence-electron chi connectivity index (χ1n) is 6.65. The molecule has 2 heterocycles. The number of benzene rings is 1. The Morgan fingerprint density at radius 3 is 3.09 bits per heavy atom. The highest BCUT2D eigenvalue weighted by atomic mass is 35.5. The van der Waals surface area contributed by atoms with Crippen LogP contribution in [-0.4, -0.2) is 30.0 Å². The Labute approximate surface area is 141 Å². The predicted octanol–water partition coefficient (Wildman–Crippen LogP) is 3.85. The number of nitrogens with one attached hydrogen (secondary N) is 1. The van der Waals surface area contributed by atoms with Gasteiger partial charge >= 0.3 is 0 Å². The van der Waals surface area contributed by atoms with Crippen LogP contribution in [0.4, 0.5) is 5.13 Å². The van der Waals surface area contributed by atoms with Gasteiger partial charge in [-0.25, -0.2) is 0 Å². The molecule has 1 aromatic carbocycles. The molecular weight excluding hydrogens is 342 g/mol. The summed E-state index contributed by atoms with van der Waals surface area (Å²) in [5.74, 6) is 2.08. The second kappa shape index (κ2) is 7.21. The van der Waals surface area contributed by atoms with Crippen LogP contribution in [0, 0.1) is 0 Å². The van der Waals surface area contributed by atoms with Gasteiger partial charge in [0.1, 0.15) is 13.2 Å². The van der Waals surface area contributed by atoms with Gasteiger partial charge in [-0.2, -0.15) is 0 Å². The summed E-state index contributed by atoms with van der Waals surface area (Å²) >= 11 is 9.36. The molecule has 0 amide bonds. The summed E-state index contributed by atoms with van der Waals surface area (Å²) in [4.78, 5) is 0. The molecule has 0 saturated heterocycles. The fourth-order valence-electron chi connectivity index (χ4n) is 1.89. The Hall–Kier alpha value is -1.44. The van der Waals surface area contributed by atoms with E-state index in [0.717, 1.165) is 20.8 Å². The van der Waals surface area contributed by atoms with Crippen LogP contribution in [0.1, 0.15) is 5.56 Å². The van der Waals surface area contributed by atoms with Crippen LogP contribution in [0.3, 0.4) is 0 Å². The van der Waals surface area contributed by atoms with Gasteiger partial charge in [-0.1, -0.05) is 40.8 Å². The molecule has 5 nitrogen and oxygen atoms in total. The Bertz CT molecular complexity index is 678. The standard InChI is InChI=1S/C14H14ClN3O2S2/c1-2-3-16-13-17-18-14(22-13)21-8-9-6-10(15)12-11(7-9)19-4-5-20-12/h2,6-7H,1,3-5,8H2,(H,16,17). The fraction of sp³-hybridized carbons (Fsp3) is 0.286. The molecule has 0 radical (unpaired) electrons. The third kappa shape index (κ3) is 3.66. The molecule has 0 bridgehead atoms. The fourth-order valence-corrected chi connectivity index (χ4v) is 3.87. The van der Waals surface area contributed by atoms with Gasteiger partial charge in [-0.3, -0.25) is 0 Å². The summed E-state index contributed by atoms with van der Waals surface area (Å²) in [6, 6.07) is 3.87. The van der Waals surface area contributed by atoms with Gasteiger partial charge in [0.2, 0.25) is 5.13 Å². The van der Waals surface area contributed by atoms with Gasteiger partial charge in [0.15, 0.2) is 15.8 Å². The second-order valence-electron chi connectivity index (χ2n) is 4.43. The molecule has 2 aromatic rings. The van der Waals surface area contributed by atoms with Crippen molar-refractivity contribution in [1.29, 1.82) is 0 Å². The van der Waals surface area contributed by atoms with Gasteiger partial charge in [0.25, 0.3) is 0 Å². The van der Waals surface area contributed by atoms with Crippen molar-refractivity contribution in [2.24, 2.45) is 0 Å². The Kier molecular flexibility index (Phi) is 5.07. The lowest BCUT2D eigenvalue weighted by Gasteiger charge is -2.20. The van der Waals surface area contributed by atoms with Gasteiger partial charge < -0.3 is 14.8 Å². The Balaban J connectivity index is 1.65. The van der Waals surface area contributed by atoms with Crippen LogP contribution in [0.5, 0.6) is 11.5 Å². The van der Waals surface area contributed by atoms with Crippen LogP contribution in [0.2, 0.25) is 5.02 Å². The average molecular weight is 356 g/mol. The number of anilines is 1. The quantitative estimate of drug-likeness (QED) is 0.627. The maximum absolute atomic E-state index is 6.23. The van der Waals surface area contributed by atoms with E-state index < -0.39 is 0 Å². The SMILES string of the molecule is C=CCNc1nnc(SCc2cc(Cl)c3c(c2)OCCO3)s1. The molecule has 8 heteroatoms. The van der Waals surface area contributed by atoms with E-state index in [-0.39, 0.29) is 0 Å². The molecule has 1 aromatic heterocycles. The largest absolute Gasteiger partial charge is 0.486 e. The number of nitrogens with zero attached hydrogens (tertiary/aromatic N) is 2. The van der Waals surface area contributed by atoms with Crippen LogP contribution >= 0.6 is 34.7 Å². The summed E-state index contributed by atoms with van der Waals surface area (Å²) in [7, 11) is 0. The summed E-state index contributed by atoms with van der Waals surface area (Å²) in [5, 5.41) is 12.7. The van der Waals surface area contributed by atoms with E-state index in [9.17, 15) is 0 Å². The molecule has 0 fully saturated rings. The highest BCUT2D eigenvalue weighted by molar-refractivity contribution is 8.00. The zero-order valence-electron chi connectivity index (χ0n) is 11.7. The molecular formula is C14H14ClN3O2S2. The highest BCUT2D eigenvalue weighted by Gasteiger charge is 2.17. The molecule has 116 valence electrons. The van der Waals surface area contributed by atoms with E-state index in [1.807, 2.05) is 12.1 Å². The summed E-state index contributed by atoms with van der Waals surface area (Å²) < 4.78 is 12.0.